The topological polar surface area (TPSA) is 42.0 Å². The molecule has 1 fully saturated rings. The van der Waals surface area contributed by atoms with E-state index in [1.54, 1.807) is 0 Å². The van der Waals surface area contributed by atoms with Crippen LogP contribution in [0.2, 0.25) is 0 Å². The largest absolute Gasteiger partial charge is 0.454 e. The number of carbonyl (C=O) groups excluding carboxylic acids is 1. The van der Waals surface area contributed by atoms with Crippen molar-refractivity contribution in [3.8, 4) is 11.5 Å². The number of rotatable bonds is 4. The lowest BCUT2D eigenvalue weighted by Gasteiger charge is -2.33. The number of ether oxygens (including phenoxy) is 2. The van der Waals surface area contributed by atoms with Crippen LogP contribution in [-0.2, 0) is 11.3 Å². The first kappa shape index (κ1) is 12.4. The maximum absolute atomic E-state index is 10.3. The Kier molecular flexibility index (Phi) is 3.66. The predicted molar refractivity (Wildman–Crippen MR) is 70.0 cm³/mol. The molecule has 2 aliphatic heterocycles. The van der Waals surface area contributed by atoms with Crippen molar-refractivity contribution < 1.29 is 14.3 Å². The Labute approximate surface area is 112 Å². The second-order valence-electron chi connectivity index (χ2n) is 4.88. The standard InChI is InChI=1S/C14H17N2O3/c17-8-7-15-3-5-16(6-4-15)10-12-1-2-13-14(9-12)19-11-18-13/h1-2,9H,3-7,10-11H2. The molecule has 1 saturated heterocycles. The third kappa shape index (κ3) is 2.88. The lowest BCUT2D eigenvalue weighted by atomic mass is 10.1. The number of fused-ring (bicyclic) bond motifs is 1. The second kappa shape index (κ2) is 5.59. The van der Waals surface area contributed by atoms with Crippen molar-refractivity contribution in [1.82, 2.24) is 9.80 Å². The molecule has 19 heavy (non-hydrogen) atoms. The van der Waals surface area contributed by atoms with E-state index in [0.29, 0.717) is 13.3 Å². The number of piperazine rings is 1. The number of hydrogen-bond acceptors (Lipinski definition) is 5. The van der Waals surface area contributed by atoms with Crippen molar-refractivity contribution in [1.29, 1.82) is 0 Å². The van der Waals surface area contributed by atoms with Gasteiger partial charge in [0.15, 0.2) is 11.5 Å². The zero-order chi connectivity index (χ0) is 13.1. The molecule has 1 radical (unpaired) electrons. The molecule has 0 aromatic heterocycles. The van der Waals surface area contributed by atoms with Gasteiger partial charge in [-0.25, -0.2) is 0 Å². The van der Waals surface area contributed by atoms with Crippen molar-refractivity contribution in [2.45, 2.75) is 6.54 Å². The highest BCUT2D eigenvalue weighted by Gasteiger charge is 2.18. The summed E-state index contributed by atoms with van der Waals surface area (Å²) in [6.07, 6.45) is 1.96. The van der Waals surface area contributed by atoms with Crippen molar-refractivity contribution in [3.05, 3.63) is 23.8 Å². The van der Waals surface area contributed by atoms with Gasteiger partial charge < -0.3 is 9.47 Å². The third-order valence-corrected chi connectivity index (χ3v) is 3.60. The number of nitrogens with zero attached hydrogens (tertiary/aromatic N) is 2. The molecule has 0 N–H and O–H groups in total. The van der Waals surface area contributed by atoms with Crippen LogP contribution < -0.4 is 9.47 Å². The van der Waals surface area contributed by atoms with Crippen LogP contribution in [0, 0.1) is 0 Å². The summed E-state index contributed by atoms with van der Waals surface area (Å²) in [5, 5.41) is 0. The molecule has 5 nitrogen and oxygen atoms in total. The monoisotopic (exact) mass is 261 g/mol. The molecule has 2 aliphatic rings. The molecule has 2 heterocycles. The van der Waals surface area contributed by atoms with E-state index in [9.17, 15) is 4.79 Å². The van der Waals surface area contributed by atoms with E-state index < -0.39 is 0 Å². The first-order valence-corrected chi connectivity index (χ1v) is 6.53. The van der Waals surface area contributed by atoms with Crippen LogP contribution in [0.1, 0.15) is 5.56 Å². The highest BCUT2D eigenvalue weighted by atomic mass is 16.7. The van der Waals surface area contributed by atoms with E-state index in [2.05, 4.69) is 15.9 Å². The summed E-state index contributed by atoms with van der Waals surface area (Å²) in [5.41, 5.74) is 1.24. The Morgan fingerprint density at radius 3 is 2.58 bits per heavy atom. The summed E-state index contributed by atoms with van der Waals surface area (Å²) < 4.78 is 10.7. The average molecular weight is 261 g/mol. The Morgan fingerprint density at radius 1 is 1.05 bits per heavy atom. The van der Waals surface area contributed by atoms with Crippen molar-refractivity contribution in [2.24, 2.45) is 0 Å². The van der Waals surface area contributed by atoms with Gasteiger partial charge in [-0.2, -0.15) is 0 Å². The van der Waals surface area contributed by atoms with Crippen molar-refractivity contribution >= 4 is 6.29 Å². The molecule has 1 aromatic carbocycles. The van der Waals surface area contributed by atoms with Gasteiger partial charge in [0.25, 0.3) is 0 Å². The molecular weight excluding hydrogens is 244 g/mol. The Morgan fingerprint density at radius 2 is 1.79 bits per heavy atom. The minimum absolute atomic E-state index is 0.319. The first-order valence-electron chi connectivity index (χ1n) is 6.53. The number of hydrogen-bond donors (Lipinski definition) is 0. The fraction of sp³-hybridized carbons (Fsp3) is 0.500. The zero-order valence-electron chi connectivity index (χ0n) is 10.8. The quantitative estimate of drug-likeness (QED) is 0.796. The number of benzene rings is 1. The van der Waals surface area contributed by atoms with Gasteiger partial charge in [-0.3, -0.25) is 14.6 Å². The molecule has 0 aliphatic carbocycles. The van der Waals surface area contributed by atoms with Gasteiger partial charge in [0.1, 0.15) is 0 Å². The van der Waals surface area contributed by atoms with Crippen molar-refractivity contribution in [3.63, 3.8) is 0 Å². The molecule has 3 rings (SSSR count). The lowest BCUT2D eigenvalue weighted by Crippen LogP contribution is -2.46. The predicted octanol–water partition coefficient (Wildman–Crippen LogP) is 0.643. The normalized spacial score (nSPS) is 19.6. The smallest absolute Gasteiger partial charge is 0.231 e. The summed E-state index contributed by atoms with van der Waals surface area (Å²) in [6.45, 7) is 5.48. The van der Waals surface area contributed by atoms with Crippen LogP contribution in [0.15, 0.2) is 18.2 Å². The van der Waals surface area contributed by atoms with Gasteiger partial charge in [-0.05, 0) is 17.7 Å². The summed E-state index contributed by atoms with van der Waals surface area (Å²) in [6, 6.07) is 6.10. The molecule has 101 valence electrons. The van der Waals surface area contributed by atoms with Crippen molar-refractivity contribution in [2.75, 3.05) is 39.5 Å². The summed E-state index contributed by atoms with van der Waals surface area (Å²) in [7, 11) is 0. The summed E-state index contributed by atoms with van der Waals surface area (Å²) in [5.74, 6) is 1.67. The molecule has 0 atom stereocenters. The summed E-state index contributed by atoms with van der Waals surface area (Å²) >= 11 is 0. The van der Waals surface area contributed by atoms with E-state index in [0.717, 1.165) is 44.2 Å². The first-order chi connectivity index (χ1) is 9.35. The molecule has 5 heteroatoms. The van der Waals surface area contributed by atoms with Gasteiger partial charge in [-0.1, -0.05) is 6.07 Å². The minimum atomic E-state index is 0.319. The van der Waals surface area contributed by atoms with Gasteiger partial charge in [0.2, 0.25) is 13.1 Å². The molecular formula is C14H17N2O3. The van der Waals surface area contributed by atoms with E-state index in [-0.39, 0.29) is 0 Å². The second-order valence-corrected chi connectivity index (χ2v) is 4.88. The van der Waals surface area contributed by atoms with Crippen LogP contribution in [0.5, 0.6) is 11.5 Å². The van der Waals surface area contributed by atoms with Crippen LogP contribution in [0.4, 0.5) is 0 Å². The maximum atomic E-state index is 10.3. The van der Waals surface area contributed by atoms with E-state index >= 15 is 0 Å². The van der Waals surface area contributed by atoms with Crippen LogP contribution in [0.3, 0.4) is 0 Å². The minimum Gasteiger partial charge on any atom is -0.454 e. The van der Waals surface area contributed by atoms with Gasteiger partial charge in [0.05, 0.1) is 6.54 Å². The molecule has 0 amide bonds. The van der Waals surface area contributed by atoms with Crippen LogP contribution in [-0.4, -0.2) is 55.6 Å². The van der Waals surface area contributed by atoms with E-state index in [1.165, 1.54) is 5.56 Å². The molecule has 0 saturated carbocycles. The van der Waals surface area contributed by atoms with E-state index in [1.807, 2.05) is 18.4 Å². The summed E-state index contributed by atoms with van der Waals surface area (Å²) in [4.78, 5) is 14.9. The Bertz CT molecular complexity index is 456. The molecule has 1 aromatic rings. The third-order valence-electron chi connectivity index (χ3n) is 3.60. The molecule has 0 unspecified atom stereocenters. The molecule has 0 spiro atoms. The Hall–Kier alpha value is -1.59. The fourth-order valence-corrected chi connectivity index (χ4v) is 2.49. The van der Waals surface area contributed by atoms with E-state index in [4.69, 9.17) is 9.47 Å². The van der Waals surface area contributed by atoms with Crippen LogP contribution in [0.25, 0.3) is 0 Å². The van der Waals surface area contributed by atoms with Gasteiger partial charge in [-0.15, -0.1) is 0 Å². The van der Waals surface area contributed by atoms with Gasteiger partial charge >= 0.3 is 0 Å². The highest BCUT2D eigenvalue weighted by molar-refractivity contribution is 5.53. The average Bonchev–Trinajstić information content (AvgIpc) is 2.89. The fourth-order valence-electron chi connectivity index (χ4n) is 2.49. The Balaban J connectivity index is 1.56. The SMILES string of the molecule is O=[C]CN1CCN(Cc2ccc3c(c2)OCO3)CC1. The highest BCUT2D eigenvalue weighted by Crippen LogP contribution is 2.32. The molecule has 0 bridgehead atoms. The maximum Gasteiger partial charge on any atom is 0.231 e. The van der Waals surface area contributed by atoms with Crippen LogP contribution >= 0.6 is 0 Å². The lowest BCUT2D eigenvalue weighted by molar-refractivity contribution is 0.139. The zero-order valence-corrected chi connectivity index (χ0v) is 10.8. The van der Waals surface area contributed by atoms with Gasteiger partial charge in [0, 0.05) is 32.7 Å².